The third-order valence-corrected chi connectivity index (χ3v) is 8.70. The van der Waals surface area contributed by atoms with Crippen molar-refractivity contribution in [3.8, 4) is 0 Å². The third kappa shape index (κ3) is 30.7. The first kappa shape index (κ1) is 38.9. The van der Waals surface area contributed by atoms with Crippen molar-refractivity contribution in [1.29, 1.82) is 0 Å². The highest BCUT2D eigenvalue weighted by molar-refractivity contribution is 4.75. The number of unbranched alkanes of at least 4 members (excludes halogenated alkanes) is 27. The van der Waals surface area contributed by atoms with Gasteiger partial charge in [-0.05, 0) is 19.4 Å². The van der Waals surface area contributed by atoms with Crippen molar-refractivity contribution in [3.05, 3.63) is 0 Å². The maximum atomic E-state index is 10.5. The molecule has 236 valence electrons. The van der Waals surface area contributed by atoms with Crippen molar-refractivity contribution in [2.45, 2.75) is 219 Å². The van der Waals surface area contributed by atoms with E-state index in [1.54, 1.807) is 0 Å². The van der Waals surface area contributed by atoms with Crippen LogP contribution in [0.4, 0.5) is 0 Å². The van der Waals surface area contributed by atoms with E-state index in [4.69, 9.17) is 0 Å². The molecule has 0 aliphatic carbocycles. The molecule has 3 nitrogen and oxygen atoms in total. The lowest BCUT2D eigenvalue weighted by molar-refractivity contribution is 0.0810. The highest BCUT2D eigenvalue weighted by Gasteiger charge is 2.16. The van der Waals surface area contributed by atoms with Gasteiger partial charge in [0.2, 0.25) is 0 Å². The summed E-state index contributed by atoms with van der Waals surface area (Å²) in [6, 6.07) is -0.154. The molecule has 3 heteroatoms. The van der Waals surface area contributed by atoms with Crippen LogP contribution in [0.15, 0.2) is 0 Å². The highest BCUT2D eigenvalue weighted by atomic mass is 16.3. The Morgan fingerprint density at radius 1 is 0.410 bits per heavy atom. The summed E-state index contributed by atoms with van der Waals surface area (Å²) < 4.78 is 0. The molecule has 2 atom stereocenters. The van der Waals surface area contributed by atoms with Gasteiger partial charge in [-0.15, -0.1) is 0 Å². The predicted molar refractivity (Wildman–Crippen MR) is 175 cm³/mol. The van der Waals surface area contributed by atoms with Crippen molar-refractivity contribution in [2.24, 2.45) is 0 Å². The Labute approximate surface area is 247 Å². The second kappa shape index (κ2) is 34.1. The van der Waals surface area contributed by atoms with Gasteiger partial charge in [0.25, 0.3) is 0 Å². The molecule has 0 bridgehead atoms. The SMILES string of the molecule is CCCCCCCCCCCCCCCCCCNC(CO)C(O)CCCCCCCCCCCCCCC. The van der Waals surface area contributed by atoms with Gasteiger partial charge in [0, 0.05) is 0 Å². The molecule has 0 spiro atoms. The predicted octanol–water partition coefficient (Wildman–Crippen LogP) is 11.0. The lowest BCUT2D eigenvalue weighted by Gasteiger charge is -2.22. The zero-order valence-electron chi connectivity index (χ0n) is 27.2. The van der Waals surface area contributed by atoms with E-state index >= 15 is 0 Å². The Kier molecular flexibility index (Phi) is 34.0. The highest BCUT2D eigenvalue weighted by Crippen LogP contribution is 2.15. The van der Waals surface area contributed by atoms with Crippen LogP contribution in [0.2, 0.25) is 0 Å². The molecule has 0 saturated carbocycles. The maximum absolute atomic E-state index is 10.5. The smallest absolute Gasteiger partial charge is 0.0715 e. The number of aliphatic hydroxyl groups is 2. The topological polar surface area (TPSA) is 52.5 Å². The minimum Gasteiger partial charge on any atom is -0.395 e. The van der Waals surface area contributed by atoms with Crippen LogP contribution in [0.5, 0.6) is 0 Å². The minimum absolute atomic E-state index is 0.0401. The Morgan fingerprint density at radius 3 is 1.00 bits per heavy atom. The van der Waals surface area contributed by atoms with E-state index in [9.17, 15) is 10.2 Å². The van der Waals surface area contributed by atoms with Crippen LogP contribution in [0.3, 0.4) is 0 Å². The average molecular weight is 554 g/mol. The molecule has 0 saturated heterocycles. The number of hydrogen-bond donors (Lipinski definition) is 3. The molecule has 0 aromatic carbocycles. The van der Waals surface area contributed by atoms with Crippen molar-refractivity contribution in [2.75, 3.05) is 13.2 Å². The van der Waals surface area contributed by atoms with E-state index in [0.29, 0.717) is 0 Å². The molecule has 0 aliphatic heterocycles. The first-order chi connectivity index (χ1) is 19.3. The van der Waals surface area contributed by atoms with Gasteiger partial charge < -0.3 is 15.5 Å². The van der Waals surface area contributed by atoms with Crippen molar-refractivity contribution < 1.29 is 10.2 Å². The zero-order chi connectivity index (χ0) is 28.5. The fourth-order valence-electron chi connectivity index (χ4n) is 5.86. The van der Waals surface area contributed by atoms with Gasteiger partial charge in [0.1, 0.15) is 0 Å². The van der Waals surface area contributed by atoms with E-state index in [2.05, 4.69) is 19.2 Å². The summed E-state index contributed by atoms with van der Waals surface area (Å²) in [5, 5.41) is 23.6. The summed E-state index contributed by atoms with van der Waals surface area (Å²) in [6.07, 6.45) is 40.2. The van der Waals surface area contributed by atoms with Gasteiger partial charge in [-0.2, -0.15) is 0 Å². The van der Waals surface area contributed by atoms with Crippen molar-refractivity contribution in [1.82, 2.24) is 5.32 Å². The average Bonchev–Trinajstić information content (AvgIpc) is 2.95. The standard InChI is InChI=1S/C36H75NO2/c1-3-5-7-9-11-13-15-17-18-19-21-23-25-27-29-31-33-37-35(34-38)36(39)32-30-28-26-24-22-20-16-14-12-10-8-6-4-2/h35-39H,3-34H2,1-2H3. The molecule has 0 fully saturated rings. The van der Waals surface area contributed by atoms with Crippen LogP contribution in [0.1, 0.15) is 206 Å². The number of rotatable bonds is 34. The molecular weight excluding hydrogens is 478 g/mol. The summed E-state index contributed by atoms with van der Waals surface area (Å²) in [5.41, 5.74) is 0. The van der Waals surface area contributed by atoms with E-state index in [1.165, 1.54) is 173 Å². The molecule has 2 unspecified atom stereocenters. The van der Waals surface area contributed by atoms with Gasteiger partial charge in [0.15, 0.2) is 0 Å². The van der Waals surface area contributed by atoms with Crippen LogP contribution in [0, 0.1) is 0 Å². The second-order valence-electron chi connectivity index (χ2n) is 12.6. The monoisotopic (exact) mass is 554 g/mol. The van der Waals surface area contributed by atoms with Crippen LogP contribution in [-0.2, 0) is 0 Å². The summed E-state index contributed by atoms with van der Waals surface area (Å²) >= 11 is 0. The Balaban J connectivity index is 3.38. The number of hydrogen-bond acceptors (Lipinski definition) is 3. The molecule has 3 N–H and O–H groups in total. The van der Waals surface area contributed by atoms with E-state index in [0.717, 1.165) is 25.8 Å². The van der Waals surface area contributed by atoms with Gasteiger partial charge in [-0.1, -0.05) is 194 Å². The number of aliphatic hydroxyl groups excluding tert-OH is 2. The molecular formula is C36H75NO2. The summed E-state index contributed by atoms with van der Waals surface area (Å²) in [4.78, 5) is 0. The molecule has 0 heterocycles. The van der Waals surface area contributed by atoms with Gasteiger partial charge in [0.05, 0.1) is 18.8 Å². The molecule has 0 amide bonds. The quantitative estimate of drug-likeness (QED) is 0.0694. The van der Waals surface area contributed by atoms with E-state index in [-0.39, 0.29) is 12.6 Å². The van der Waals surface area contributed by atoms with E-state index in [1.807, 2.05) is 0 Å². The number of nitrogens with one attached hydrogen (secondary N) is 1. The molecule has 39 heavy (non-hydrogen) atoms. The first-order valence-corrected chi connectivity index (χ1v) is 18.3. The van der Waals surface area contributed by atoms with Gasteiger partial charge in [-0.3, -0.25) is 0 Å². The Morgan fingerprint density at radius 2 is 0.692 bits per heavy atom. The Hall–Kier alpha value is -0.120. The van der Waals surface area contributed by atoms with Crippen molar-refractivity contribution in [3.63, 3.8) is 0 Å². The summed E-state index contributed by atoms with van der Waals surface area (Å²) in [7, 11) is 0. The van der Waals surface area contributed by atoms with Crippen LogP contribution < -0.4 is 5.32 Å². The van der Waals surface area contributed by atoms with Gasteiger partial charge >= 0.3 is 0 Å². The molecule has 0 aliphatic rings. The van der Waals surface area contributed by atoms with Crippen molar-refractivity contribution >= 4 is 0 Å². The molecule has 0 aromatic rings. The van der Waals surface area contributed by atoms with Crippen LogP contribution in [0.25, 0.3) is 0 Å². The lowest BCUT2D eigenvalue weighted by atomic mass is 10.0. The second-order valence-corrected chi connectivity index (χ2v) is 12.6. The van der Waals surface area contributed by atoms with Crippen LogP contribution in [-0.4, -0.2) is 35.5 Å². The summed E-state index contributed by atoms with van der Waals surface area (Å²) in [5.74, 6) is 0. The van der Waals surface area contributed by atoms with Gasteiger partial charge in [-0.25, -0.2) is 0 Å². The van der Waals surface area contributed by atoms with Crippen LogP contribution >= 0.6 is 0 Å². The largest absolute Gasteiger partial charge is 0.395 e. The summed E-state index contributed by atoms with van der Waals surface area (Å²) in [6.45, 7) is 5.53. The zero-order valence-corrected chi connectivity index (χ0v) is 27.2. The van der Waals surface area contributed by atoms with E-state index < -0.39 is 6.10 Å². The Bertz CT molecular complexity index is 430. The molecule has 0 radical (unpaired) electrons. The molecule has 0 rings (SSSR count). The molecule has 0 aromatic heterocycles. The minimum atomic E-state index is -0.413. The fraction of sp³-hybridized carbons (Fsp3) is 1.00. The first-order valence-electron chi connectivity index (χ1n) is 18.3. The maximum Gasteiger partial charge on any atom is 0.0715 e. The normalized spacial score (nSPS) is 13.2. The lowest BCUT2D eigenvalue weighted by Crippen LogP contribution is -2.43. The third-order valence-electron chi connectivity index (χ3n) is 8.70. The fourth-order valence-corrected chi connectivity index (χ4v) is 5.86.